The van der Waals surface area contributed by atoms with Crippen molar-refractivity contribution in [3.05, 3.63) is 29.7 Å². The third kappa shape index (κ3) is 2.81. The molecule has 6 heteroatoms. The molecular weight excluding hydrogens is 294 g/mol. The molecule has 1 saturated carbocycles. The summed E-state index contributed by atoms with van der Waals surface area (Å²) in [5.74, 6) is 1.05. The summed E-state index contributed by atoms with van der Waals surface area (Å²) in [5.41, 5.74) is 1.93. The number of nitrogens with one attached hydrogen (secondary N) is 2. The van der Waals surface area contributed by atoms with Gasteiger partial charge in [0, 0.05) is 18.9 Å². The molecule has 0 bridgehead atoms. The number of benzene rings is 1. The first-order valence-electron chi connectivity index (χ1n) is 8.07. The van der Waals surface area contributed by atoms with Crippen LogP contribution < -0.4 is 10.6 Å². The topological polar surface area (TPSA) is 84.2 Å². The minimum atomic E-state index is -0.126. The van der Waals surface area contributed by atoms with Gasteiger partial charge < -0.3 is 15.1 Å². The minimum Gasteiger partial charge on any atom is -0.441 e. The fourth-order valence-corrected chi connectivity index (χ4v) is 3.32. The zero-order valence-electron chi connectivity index (χ0n) is 13.0. The van der Waals surface area contributed by atoms with Gasteiger partial charge in [0.25, 0.3) is 5.91 Å². The Kier molecular flexibility index (Phi) is 3.32. The van der Waals surface area contributed by atoms with Crippen molar-refractivity contribution in [1.82, 2.24) is 15.6 Å². The van der Waals surface area contributed by atoms with Crippen molar-refractivity contribution < 1.29 is 14.0 Å². The van der Waals surface area contributed by atoms with Crippen LogP contribution in [-0.4, -0.2) is 28.9 Å². The van der Waals surface area contributed by atoms with Gasteiger partial charge in [-0.1, -0.05) is 0 Å². The molecule has 1 aliphatic heterocycles. The zero-order valence-corrected chi connectivity index (χ0v) is 13.0. The van der Waals surface area contributed by atoms with Crippen molar-refractivity contribution in [3.8, 4) is 0 Å². The van der Waals surface area contributed by atoms with E-state index in [1.54, 1.807) is 25.1 Å². The lowest BCUT2D eigenvalue weighted by atomic mass is 9.94. The van der Waals surface area contributed by atoms with Gasteiger partial charge in [0.15, 0.2) is 11.5 Å². The van der Waals surface area contributed by atoms with Crippen LogP contribution in [0.3, 0.4) is 0 Å². The van der Waals surface area contributed by atoms with E-state index in [0.29, 0.717) is 41.3 Å². The smallest absolute Gasteiger partial charge is 0.251 e. The van der Waals surface area contributed by atoms with Crippen LogP contribution in [0, 0.1) is 12.8 Å². The molecule has 2 aromatic rings. The average molecular weight is 313 g/mol. The summed E-state index contributed by atoms with van der Waals surface area (Å²) in [7, 11) is 0. The van der Waals surface area contributed by atoms with E-state index in [0.717, 1.165) is 12.8 Å². The van der Waals surface area contributed by atoms with Crippen LogP contribution in [0.15, 0.2) is 22.6 Å². The number of fused-ring (bicyclic) bond motifs is 1. The van der Waals surface area contributed by atoms with Crippen LogP contribution in [0.1, 0.15) is 41.9 Å². The number of aryl methyl sites for hydroxylation is 1. The Hall–Kier alpha value is -2.37. The molecule has 0 radical (unpaired) electrons. The quantitative estimate of drug-likeness (QED) is 0.907. The zero-order chi connectivity index (χ0) is 16.0. The third-order valence-corrected chi connectivity index (χ3v) is 4.65. The van der Waals surface area contributed by atoms with Crippen molar-refractivity contribution in [1.29, 1.82) is 0 Å². The monoisotopic (exact) mass is 313 g/mol. The molecule has 23 heavy (non-hydrogen) atoms. The number of rotatable bonds is 3. The lowest BCUT2D eigenvalue weighted by Gasteiger charge is -2.33. The van der Waals surface area contributed by atoms with E-state index in [1.165, 1.54) is 0 Å². The molecule has 2 fully saturated rings. The van der Waals surface area contributed by atoms with Gasteiger partial charge in [-0.15, -0.1) is 0 Å². The molecular formula is C17H19N3O3. The maximum Gasteiger partial charge on any atom is 0.251 e. The summed E-state index contributed by atoms with van der Waals surface area (Å²) in [5, 5.41) is 6.12. The normalized spacial score (nSPS) is 24.5. The number of nitrogens with zero attached hydrogens (tertiary/aromatic N) is 1. The number of amides is 2. The van der Waals surface area contributed by atoms with E-state index in [-0.39, 0.29) is 23.9 Å². The van der Waals surface area contributed by atoms with E-state index in [4.69, 9.17) is 4.42 Å². The fraction of sp³-hybridized carbons (Fsp3) is 0.471. The summed E-state index contributed by atoms with van der Waals surface area (Å²) in [6, 6.07) is 5.33. The Morgan fingerprint density at radius 1 is 1.35 bits per heavy atom. The fourth-order valence-electron chi connectivity index (χ4n) is 3.32. The predicted octanol–water partition coefficient (Wildman–Crippen LogP) is 1.92. The van der Waals surface area contributed by atoms with Crippen LogP contribution in [0.4, 0.5) is 0 Å². The first kappa shape index (κ1) is 14.2. The van der Waals surface area contributed by atoms with Crippen LogP contribution in [-0.2, 0) is 4.79 Å². The Balaban J connectivity index is 1.52. The van der Waals surface area contributed by atoms with Crippen molar-refractivity contribution in [3.63, 3.8) is 0 Å². The van der Waals surface area contributed by atoms with Gasteiger partial charge in [0.2, 0.25) is 5.91 Å². The molecule has 2 amide bonds. The molecule has 1 aromatic heterocycles. The maximum absolute atomic E-state index is 12.6. The number of aromatic nitrogens is 1. The second-order valence-electron chi connectivity index (χ2n) is 6.46. The SMILES string of the molecule is Cc1nc2cc(C(=O)N[C@@H]3CCC(=O)N[C@H]3C3CC3)ccc2o1. The molecule has 2 aliphatic rings. The average Bonchev–Trinajstić information content (AvgIpc) is 3.29. The predicted molar refractivity (Wildman–Crippen MR) is 83.9 cm³/mol. The number of piperidine rings is 1. The Morgan fingerprint density at radius 2 is 2.17 bits per heavy atom. The summed E-state index contributed by atoms with van der Waals surface area (Å²) in [4.78, 5) is 28.4. The van der Waals surface area contributed by atoms with Gasteiger partial charge in [-0.25, -0.2) is 4.98 Å². The van der Waals surface area contributed by atoms with Crippen molar-refractivity contribution in [2.75, 3.05) is 0 Å². The Bertz CT molecular complexity index is 778. The first-order chi connectivity index (χ1) is 11.1. The second-order valence-corrected chi connectivity index (χ2v) is 6.46. The molecule has 1 saturated heterocycles. The van der Waals surface area contributed by atoms with Gasteiger partial charge in [-0.2, -0.15) is 0 Å². The molecule has 1 aliphatic carbocycles. The molecule has 120 valence electrons. The Morgan fingerprint density at radius 3 is 2.96 bits per heavy atom. The molecule has 0 spiro atoms. The van der Waals surface area contributed by atoms with Gasteiger partial charge in [-0.05, 0) is 43.4 Å². The lowest BCUT2D eigenvalue weighted by Crippen LogP contribution is -2.56. The highest BCUT2D eigenvalue weighted by Gasteiger charge is 2.40. The van der Waals surface area contributed by atoms with E-state index < -0.39 is 0 Å². The first-order valence-corrected chi connectivity index (χ1v) is 8.07. The highest BCUT2D eigenvalue weighted by molar-refractivity contribution is 5.97. The number of carbonyl (C=O) groups excluding carboxylic acids is 2. The van der Waals surface area contributed by atoms with Gasteiger partial charge in [0.1, 0.15) is 5.52 Å². The van der Waals surface area contributed by atoms with Crippen molar-refractivity contribution >= 4 is 22.9 Å². The standard InChI is InChI=1S/C17H19N3O3/c1-9-18-13-8-11(4-6-14(13)23-9)17(22)19-12-5-7-15(21)20-16(12)10-2-3-10/h4,6,8,10,12,16H,2-3,5,7H2,1H3,(H,19,22)(H,20,21)/t12-,16+/m1/s1. The third-order valence-electron chi connectivity index (χ3n) is 4.65. The maximum atomic E-state index is 12.6. The van der Waals surface area contributed by atoms with Crippen LogP contribution in [0.25, 0.3) is 11.1 Å². The number of hydrogen-bond acceptors (Lipinski definition) is 4. The van der Waals surface area contributed by atoms with Crippen LogP contribution >= 0.6 is 0 Å². The largest absolute Gasteiger partial charge is 0.441 e. The molecule has 6 nitrogen and oxygen atoms in total. The minimum absolute atomic E-state index is 0.00226. The summed E-state index contributed by atoms with van der Waals surface area (Å²) in [6.07, 6.45) is 3.42. The molecule has 1 aromatic carbocycles. The second kappa shape index (κ2) is 5.37. The number of oxazole rings is 1. The summed E-state index contributed by atoms with van der Waals surface area (Å²) in [6.45, 7) is 1.78. The number of hydrogen-bond donors (Lipinski definition) is 2. The highest BCUT2D eigenvalue weighted by Crippen LogP contribution is 2.36. The van der Waals surface area contributed by atoms with Gasteiger partial charge >= 0.3 is 0 Å². The number of carbonyl (C=O) groups is 2. The van der Waals surface area contributed by atoms with E-state index >= 15 is 0 Å². The van der Waals surface area contributed by atoms with E-state index in [2.05, 4.69) is 15.6 Å². The molecule has 2 atom stereocenters. The summed E-state index contributed by atoms with van der Waals surface area (Å²) < 4.78 is 5.43. The lowest BCUT2D eigenvalue weighted by molar-refractivity contribution is -0.124. The van der Waals surface area contributed by atoms with Crippen LogP contribution in [0.5, 0.6) is 0 Å². The van der Waals surface area contributed by atoms with Gasteiger partial charge in [0.05, 0.1) is 12.1 Å². The molecule has 2 heterocycles. The summed E-state index contributed by atoms with van der Waals surface area (Å²) >= 11 is 0. The molecule has 2 N–H and O–H groups in total. The molecule has 4 rings (SSSR count). The van der Waals surface area contributed by atoms with Crippen molar-refractivity contribution in [2.45, 2.75) is 44.7 Å². The molecule has 0 unspecified atom stereocenters. The van der Waals surface area contributed by atoms with E-state index in [9.17, 15) is 9.59 Å². The van der Waals surface area contributed by atoms with Crippen molar-refractivity contribution in [2.24, 2.45) is 5.92 Å². The highest BCUT2D eigenvalue weighted by atomic mass is 16.3. The Labute approximate surface area is 133 Å². The van der Waals surface area contributed by atoms with Crippen LogP contribution in [0.2, 0.25) is 0 Å². The van der Waals surface area contributed by atoms with Gasteiger partial charge in [-0.3, -0.25) is 9.59 Å². The van der Waals surface area contributed by atoms with E-state index in [1.807, 2.05) is 0 Å².